The summed E-state index contributed by atoms with van der Waals surface area (Å²) in [4.78, 5) is 4.96. The average Bonchev–Trinajstić information content (AvgIpc) is 3.61. The molecule has 0 saturated carbocycles. The van der Waals surface area contributed by atoms with Crippen LogP contribution in [0.3, 0.4) is 0 Å². The fourth-order valence-electron chi connectivity index (χ4n) is 10.4. The Kier molecular flexibility index (Phi) is 9.33. The van der Waals surface area contributed by atoms with Gasteiger partial charge in [-0.05, 0) is 152 Å². The van der Waals surface area contributed by atoms with Gasteiger partial charge < -0.3 is 9.80 Å². The lowest BCUT2D eigenvalue weighted by Gasteiger charge is -2.36. The lowest BCUT2D eigenvalue weighted by molar-refractivity contribution is 0.586. The number of hydrogen-bond acceptors (Lipinski definition) is 2. The topological polar surface area (TPSA) is 6.48 Å². The first kappa shape index (κ1) is 38.8. The van der Waals surface area contributed by atoms with Crippen LogP contribution in [0.2, 0.25) is 0 Å². The number of nitrogens with zero attached hydrogens (tertiary/aromatic N) is 2. The van der Waals surface area contributed by atoms with E-state index in [-0.39, 0.29) is 10.8 Å². The zero-order valence-electron chi connectivity index (χ0n) is 36.7. The third-order valence-electron chi connectivity index (χ3n) is 13.4. The van der Waals surface area contributed by atoms with Crippen LogP contribution in [0.15, 0.2) is 193 Å². The van der Waals surface area contributed by atoms with E-state index < -0.39 is 5.41 Å². The molecule has 3 aliphatic carbocycles. The Morgan fingerprint density at radius 1 is 0.426 bits per heavy atom. The molecule has 1 spiro atoms. The van der Waals surface area contributed by atoms with Gasteiger partial charge in [-0.3, -0.25) is 0 Å². The molecule has 0 aliphatic heterocycles. The summed E-state index contributed by atoms with van der Waals surface area (Å²) in [6.07, 6.45) is 4.58. The standard InChI is InChI=1S/C59H56N2/c1-40-34-48(61(45-24-16-10-17-25-45)46-26-18-11-19-27-46)39-56-52(35-40)51-33-30-47(60(43-20-12-8-13-21-43)44-22-14-9-15-23-44)38-55(51)59(56)53-36-41(57(2,3)4)28-31-49(53)50-32-29-42(37-54(50)59)58(5,6)7/h8-33,36-40H,34-35H2,1-7H3. The molecule has 61 heavy (non-hydrogen) atoms. The number of rotatable bonds is 6. The van der Waals surface area contributed by atoms with Crippen molar-refractivity contribution >= 4 is 34.0 Å². The summed E-state index contributed by atoms with van der Waals surface area (Å²) in [5, 5.41) is 0. The minimum atomic E-state index is -0.554. The van der Waals surface area contributed by atoms with Crippen LogP contribution in [0, 0.1) is 5.92 Å². The quantitative estimate of drug-likeness (QED) is 0.165. The van der Waals surface area contributed by atoms with Gasteiger partial charge in [-0.2, -0.15) is 0 Å². The maximum Gasteiger partial charge on any atom is 0.0723 e. The number of fused-ring (bicyclic) bond motifs is 9. The zero-order chi connectivity index (χ0) is 42.1. The maximum absolute atomic E-state index is 2.64. The van der Waals surface area contributed by atoms with Crippen molar-refractivity contribution in [1.82, 2.24) is 0 Å². The molecule has 7 aromatic carbocycles. The maximum atomic E-state index is 2.64. The van der Waals surface area contributed by atoms with E-state index in [1.54, 1.807) is 0 Å². The summed E-state index contributed by atoms with van der Waals surface area (Å²) in [5.41, 5.74) is 20.3. The number of para-hydroxylation sites is 4. The van der Waals surface area contributed by atoms with Gasteiger partial charge in [0.1, 0.15) is 0 Å². The van der Waals surface area contributed by atoms with Crippen LogP contribution >= 0.6 is 0 Å². The number of hydrogen-bond donors (Lipinski definition) is 0. The van der Waals surface area contributed by atoms with Crippen molar-refractivity contribution in [2.75, 3.05) is 9.80 Å². The van der Waals surface area contributed by atoms with Crippen LogP contribution < -0.4 is 9.80 Å². The molecule has 0 saturated heterocycles. The molecule has 0 N–H and O–H groups in total. The van der Waals surface area contributed by atoms with Crippen LogP contribution in [0.5, 0.6) is 0 Å². The van der Waals surface area contributed by atoms with E-state index in [0.29, 0.717) is 5.92 Å². The van der Waals surface area contributed by atoms with E-state index in [1.165, 1.54) is 72.7 Å². The van der Waals surface area contributed by atoms with Gasteiger partial charge in [0.2, 0.25) is 0 Å². The lowest BCUT2D eigenvalue weighted by atomic mass is 9.67. The Bertz CT molecular complexity index is 2670. The van der Waals surface area contributed by atoms with Crippen LogP contribution in [0.1, 0.15) is 94.7 Å². The van der Waals surface area contributed by atoms with Crippen LogP contribution in [-0.4, -0.2) is 0 Å². The summed E-state index contributed by atoms with van der Waals surface area (Å²) in [6.45, 7) is 16.6. The Hall–Kier alpha value is -6.38. The first-order valence-corrected chi connectivity index (χ1v) is 22.1. The predicted molar refractivity (Wildman–Crippen MR) is 259 cm³/mol. The van der Waals surface area contributed by atoms with Gasteiger partial charge in [0.15, 0.2) is 0 Å². The predicted octanol–water partition coefficient (Wildman–Crippen LogP) is 16.0. The molecule has 0 heterocycles. The largest absolute Gasteiger partial charge is 0.314 e. The molecule has 0 amide bonds. The minimum Gasteiger partial charge on any atom is -0.314 e. The Balaban J connectivity index is 1.33. The van der Waals surface area contributed by atoms with Gasteiger partial charge in [-0.25, -0.2) is 0 Å². The molecule has 2 nitrogen and oxygen atoms in total. The first-order valence-electron chi connectivity index (χ1n) is 22.1. The van der Waals surface area contributed by atoms with E-state index in [4.69, 9.17) is 0 Å². The fourth-order valence-corrected chi connectivity index (χ4v) is 10.4. The van der Waals surface area contributed by atoms with Crippen molar-refractivity contribution in [2.45, 2.75) is 77.6 Å². The van der Waals surface area contributed by atoms with Gasteiger partial charge in [-0.15, -0.1) is 0 Å². The monoisotopic (exact) mass is 792 g/mol. The number of allylic oxidation sites excluding steroid dienone is 4. The molecule has 0 fully saturated rings. The molecule has 0 aromatic heterocycles. The molecule has 0 radical (unpaired) electrons. The van der Waals surface area contributed by atoms with Gasteiger partial charge in [0.25, 0.3) is 0 Å². The van der Waals surface area contributed by atoms with Gasteiger partial charge >= 0.3 is 0 Å². The highest BCUT2D eigenvalue weighted by atomic mass is 15.2. The Morgan fingerprint density at radius 3 is 1.28 bits per heavy atom. The van der Waals surface area contributed by atoms with Crippen molar-refractivity contribution in [3.8, 4) is 11.1 Å². The molecular formula is C59H56N2. The smallest absolute Gasteiger partial charge is 0.0723 e. The average molecular weight is 793 g/mol. The Labute approximate surface area is 363 Å². The lowest BCUT2D eigenvalue weighted by Crippen LogP contribution is -2.29. The first-order chi connectivity index (χ1) is 29.4. The second-order valence-corrected chi connectivity index (χ2v) is 19.6. The second kappa shape index (κ2) is 14.7. The number of benzene rings is 7. The van der Waals surface area contributed by atoms with Gasteiger partial charge in [0.05, 0.1) is 5.41 Å². The van der Waals surface area contributed by atoms with Crippen molar-refractivity contribution in [2.24, 2.45) is 5.92 Å². The van der Waals surface area contributed by atoms with Crippen LogP contribution in [-0.2, 0) is 16.2 Å². The number of anilines is 5. The molecule has 7 aromatic rings. The summed E-state index contributed by atoms with van der Waals surface area (Å²) in [6, 6.07) is 65.9. The molecular weight excluding hydrogens is 737 g/mol. The molecule has 3 aliphatic rings. The van der Waals surface area contributed by atoms with E-state index >= 15 is 0 Å². The molecule has 10 rings (SSSR count). The van der Waals surface area contributed by atoms with E-state index in [2.05, 4.69) is 240 Å². The summed E-state index contributed by atoms with van der Waals surface area (Å²) >= 11 is 0. The Morgan fingerprint density at radius 2 is 0.836 bits per heavy atom. The minimum absolute atomic E-state index is 0.0319. The van der Waals surface area contributed by atoms with Gasteiger partial charge in [0, 0.05) is 34.1 Å². The van der Waals surface area contributed by atoms with E-state index in [9.17, 15) is 0 Å². The second-order valence-electron chi connectivity index (χ2n) is 19.6. The highest BCUT2D eigenvalue weighted by molar-refractivity contribution is 5.97. The highest BCUT2D eigenvalue weighted by Crippen LogP contribution is 2.65. The van der Waals surface area contributed by atoms with Gasteiger partial charge in [-0.1, -0.05) is 164 Å². The zero-order valence-corrected chi connectivity index (χ0v) is 36.7. The third-order valence-corrected chi connectivity index (χ3v) is 13.4. The summed E-state index contributed by atoms with van der Waals surface area (Å²) in [5.74, 6) is 0.406. The molecule has 2 heteroatoms. The van der Waals surface area contributed by atoms with Crippen molar-refractivity contribution in [1.29, 1.82) is 0 Å². The van der Waals surface area contributed by atoms with Crippen molar-refractivity contribution < 1.29 is 0 Å². The third kappa shape index (κ3) is 6.47. The van der Waals surface area contributed by atoms with Crippen molar-refractivity contribution in [3.05, 3.63) is 227 Å². The van der Waals surface area contributed by atoms with E-state index in [1.807, 2.05) is 0 Å². The normalized spacial score (nSPS) is 16.3. The van der Waals surface area contributed by atoms with E-state index in [0.717, 1.165) is 29.9 Å². The fraction of sp³-hybridized carbons (Fsp3) is 0.220. The van der Waals surface area contributed by atoms with Crippen molar-refractivity contribution in [3.63, 3.8) is 0 Å². The molecule has 302 valence electrons. The van der Waals surface area contributed by atoms with Crippen LogP contribution in [0.25, 0.3) is 16.7 Å². The highest BCUT2D eigenvalue weighted by Gasteiger charge is 2.54. The summed E-state index contributed by atoms with van der Waals surface area (Å²) < 4.78 is 0. The molecule has 1 atom stereocenters. The molecule has 0 bridgehead atoms. The van der Waals surface area contributed by atoms with Crippen LogP contribution in [0.4, 0.5) is 28.4 Å². The summed E-state index contributed by atoms with van der Waals surface area (Å²) in [7, 11) is 0. The SMILES string of the molecule is CC1CC(N(c2ccccc2)c2ccccc2)=CC2=C(C1)c1ccc(N(c3ccccc3)c3ccccc3)cc1C21c2cc(C(C)(C)C)ccc2-c2ccc(C(C)(C)C)cc21. The molecule has 1 unspecified atom stereocenters.